The fourth-order valence-corrected chi connectivity index (χ4v) is 3.20. The quantitative estimate of drug-likeness (QED) is 0.138. The van der Waals surface area contributed by atoms with Crippen molar-refractivity contribution in [3.8, 4) is 17.2 Å². The lowest BCUT2D eigenvalue weighted by atomic mass is 10.1. The minimum atomic E-state index is -1.12. The second-order valence-corrected chi connectivity index (χ2v) is 9.09. The Labute approximate surface area is 236 Å². The van der Waals surface area contributed by atoms with Crippen molar-refractivity contribution in [2.75, 3.05) is 7.11 Å². The fraction of sp³-hybridized carbons (Fsp3) is 0.267. The van der Waals surface area contributed by atoms with E-state index < -0.39 is 47.3 Å². The lowest BCUT2D eigenvalue weighted by Gasteiger charge is -2.11. The Hall–Kier alpha value is -5.06. The Bertz CT molecular complexity index is 1350. The summed E-state index contributed by atoms with van der Waals surface area (Å²) < 4.78 is 15.5. The number of hydrogen-bond acceptors (Lipinski definition) is 9. The van der Waals surface area contributed by atoms with E-state index in [1.54, 1.807) is 18.2 Å². The van der Waals surface area contributed by atoms with Gasteiger partial charge in [0.15, 0.2) is 23.1 Å². The van der Waals surface area contributed by atoms with E-state index in [0.29, 0.717) is 11.1 Å². The minimum Gasteiger partial charge on any atom is -0.493 e. The van der Waals surface area contributed by atoms with E-state index in [1.165, 1.54) is 69.5 Å². The summed E-state index contributed by atoms with van der Waals surface area (Å²) in [6.07, 6.45) is 4.49. The van der Waals surface area contributed by atoms with E-state index in [0.717, 1.165) is 0 Å². The van der Waals surface area contributed by atoms with Gasteiger partial charge in [0.2, 0.25) is 0 Å². The molecule has 0 radical (unpaired) electrons. The number of rotatable bonds is 15. The highest BCUT2D eigenvalue weighted by molar-refractivity contribution is 6.10. The molecule has 2 rings (SSSR count). The number of ketones is 2. The highest BCUT2D eigenvalue weighted by Gasteiger charge is 2.19. The second kappa shape index (κ2) is 15.5. The number of allylic oxidation sites excluding steroid dienone is 2. The molecular weight excluding hydrogens is 536 g/mol. The largest absolute Gasteiger partial charge is 0.493 e. The van der Waals surface area contributed by atoms with Crippen molar-refractivity contribution in [1.82, 2.24) is 0 Å². The van der Waals surface area contributed by atoms with Crippen molar-refractivity contribution in [2.24, 2.45) is 11.8 Å². The average molecular weight is 567 g/mol. The van der Waals surface area contributed by atoms with Crippen molar-refractivity contribution in [3.05, 3.63) is 65.7 Å². The molecule has 0 fully saturated rings. The molecule has 2 unspecified atom stereocenters. The number of carboxylic acids is 2. The van der Waals surface area contributed by atoms with Crippen LogP contribution in [-0.2, 0) is 28.8 Å². The molecule has 11 nitrogen and oxygen atoms in total. The van der Waals surface area contributed by atoms with E-state index in [2.05, 4.69) is 0 Å². The molecule has 0 saturated carbocycles. The van der Waals surface area contributed by atoms with Crippen LogP contribution >= 0.6 is 0 Å². The van der Waals surface area contributed by atoms with Gasteiger partial charge < -0.3 is 24.4 Å². The normalized spacial score (nSPS) is 12.5. The topological polar surface area (TPSA) is 171 Å². The summed E-state index contributed by atoms with van der Waals surface area (Å²) in [4.78, 5) is 70.0. The minimum absolute atomic E-state index is 0.0952. The maximum Gasteiger partial charge on any atom is 0.312 e. The van der Waals surface area contributed by atoms with Gasteiger partial charge in [0.1, 0.15) is 5.75 Å². The van der Waals surface area contributed by atoms with Crippen LogP contribution in [0, 0.1) is 11.8 Å². The Morgan fingerprint density at radius 3 is 1.71 bits per heavy atom. The molecule has 2 atom stereocenters. The van der Waals surface area contributed by atoms with Gasteiger partial charge in [0, 0.05) is 0 Å². The molecule has 0 heterocycles. The van der Waals surface area contributed by atoms with Gasteiger partial charge >= 0.3 is 23.9 Å². The van der Waals surface area contributed by atoms with Crippen LogP contribution in [0.1, 0.15) is 44.2 Å². The lowest BCUT2D eigenvalue weighted by Crippen LogP contribution is -2.18. The molecule has 0 saturated heterocycles. The molecule has 0 bridgehead atoms. The number of ether oxygens (including phenoxy) is 3. The van der Waals surface area contributed by atoms with Crippen molar-refractivity contribution >= 4 is 47.6 Å². The molecule has 0 amide bonds. The molecule has 216 valence electrons. The van der Waals surface area contributed by atoms with Crippen LogP contribution in [0.3, 0.4) is 0 Å². The van der Waals surface area contributed by atoms with Crippen molar-refractivity contribution < 1.29 is 53.2 Å². The first-order valence-electron chi connectivity index (χ1n) is 12.4. The molecule has 2 aromatic carbocycles. The van der Waals surface area contributed by atoms with Crippen LogP contribution in [0.2, 0.25) is 0 Å². The van der Waals surface area contributed by atoms with Gasteiger partial charge in [-0.25, -0.2) is 0 Å². The number of carbonyl (C=O) groups excluding carboxylic acids is 4. The Kier molecular flexibility index (Phi) is 12.2. The van der Waals surface area contributed by atoms with E-state index in [4.69, 9.17) is 24.4 Å². The Morgan fingerprint density at radius 2 is 1.20 bits per heavy atom. The lowest BCUT2D eigenvalue weighted by molar-refractivity contribution is -0.146. The average Bonchev–Trinajstić information content (AvgIpc) is 2.91. The van der Waals surface area contributed by atoms with E-state index in [1.807, 2.05) is 0 Å². The zero-order valence-electron chi connectivity index (χ0n) is 22.7. The number of carbonyl (C=O) groups is 6. The van der Waals surface area contributed by atoms with Crippen LogP contribution < -0.4 is 14.2 Å². The maximum atomic E-state index is 12.3. The third-order valence-corrected chi connectivity index (χ3v) is 5.58. The Balaban J connectivity index is 1.90. The molecule has 41 heavy (non-hydrogen) atoms. The van der Waals surface area contributed by atoms with E-state index >= 15 is 0 Å². The third kappa shape index (κ3) is 11.3. The first-order valence-corrected chi connectivity index (χ1v) is 12.4. The van der Waals surface area contributed by atoms with Crippen LogP contribution in [-0.4, -0.2) is 52.8 Å². The number of hydrogen-bond donors (Lipinski definition) is 2. The smallest absolute Gasteiger partial charge is 0.312 e. The highest BCUT2D eigenvalue weighted by Crippen LogP contribution is 2.29. The summed E-state index contributed by atoms with van der Waals surface area (Å²) in [5.74, 6) is -5.75. The van der Waals surface area contributed by atoms with Crippen molar-refractivity contribution in [3.63, 3.8) is 0 Å². The van der Waals surface area contributed by atoms with Gasteiger partial charge in [-0.3, -0.25) is 28.8 Å². The van der Waals surface area contributed by atoms with Crippen LogP contribution in [0.4, 0.5) is 0 Å². The molecule has 0 aliphatic heterocycles. The number of methoxy groups -OCH3 is 1. The maximum absolute atomic E-state index is 12.3. The van der Waals surface area contributed by atoms with E-state index in [-0.39, 0.29) is 36.5 Å². The molecule has 0 aliphatic carbocycles. The molecule has 2 N–H and O–H groups in total. The van der Waals surface area contributed by atoms with Crippen LogP contribution in [0.5, 0.6) is 17.2 Å². The standard InChI is InChI=1S/C30H30O11/c1-18(29(35)36)14-27(33)40-24-11-6-20(7-12-24)4-9-22(31)17-23(32)10-5-21-8-13-25(26(16-21)39-3)41-28(34)15-19(2)30(37)38/h4-13,16,18-19H,14-15,17H2,1-3H3,(H,35,36)(H,37,38). The summed E-state index contributed by atoms with van der Waals surface area (Å²) in [5, 5.41) is 17.8. The first-order chi connectivity index (χ1) is 19.4. The molecule has 11 heteroatoms. The molecule has 2 aromatic rings. The van der Waals surface area contributed by atoms with Crippen molar-refractivity contribution in [2.45, 2.75) is 33.1 Å². The van der Waals surface area contributed by atoms with Gasteiger partial charge in [0.05, 0.1) is 38.2 Å². The second-order valence-electron chi connectivity index (χ2n) is 9.09. The molecular formula is C30H30O11. The number of benzene rings is 2. The van der Waals surface area contributed by atoms with Gasteiger partial charge in [-0.2, -0.15) is 0 Å². The monoisotopic (exact) mass is 566 g/mol. The zero-order valence-corrected chi connectivity index (χ0v) is 22.7. The third-order valence-electron chi connectivity index (χ3n) is 5.58. The first kappa shape index (κ1) is 32.2. The predicted molar refractivity (Wildman–Crippen MR) is 146 cm³/mol. The number of esters is 2. The SMILES string of the molecule is COc1cc(C=CC(=O)CC(=O)C=Cc2ccc(OC(=O)CC(C)C(=O)O)cc2)ccc1OC(=O)CC(C)C(=O)O. The van der Waals surface area contributed by atoms with Crippen LogP contribution in [0.25, 0.3) is 12.2 Å². The summed E-state index contributed by atoms with van der Waals surface area (Å²) in [6, 6.07) is 10.7. The highest BCUT2D eigenvalue weighted by atomic mass is 16.6. The van der Waals surface area contributed by atoms with Crippen LogP contribution in [0.15, 0.2) is 54.6 Å². The predicted octanol–water partition coefficient (Wildman–Crippen LogP) is 3.98. The molecule has 0 aromatic heterocycles. The van der Waals surface area contributed by atoms with Gasteiger partial charge in [-0.05, 0) is 47.5 Å². The molecule has 0 aliphatic rings. The summed E-state index contributed by atoms with van der Waals surface area (Å²) in [5.41, 5.74) is 1.15. The molecule has 0 spiro atoms. The summed E-state index contributed by atoms with van der Waals surface area (Å²) in [6.45, 7) is 2.79. The number of aliphatic carboxylic acids is 2. The Morgan fingerprint density at radius 1 is 0.707 bits per heavy atom. The van der Waals surface area contributed by atoms with Gasteiger partial charge in [0.25, 0.3) is 0 Å². The summed E-state index contributed by atoms with van der Waals surface area (Å²) >= 11 is 0. The summed E-state index contributed by atoms with van der Waals surface area (Å²) in [7, 11) is 1.36. The van der Waals surface area contributed by atoms with E-state index in [9.17, 15) is 28.8 Å². The van der Waals surface area contributed by atoms with Gasteiger partial charge in [-0.1, -0.05) is 44.2 Å². The fourth-order valence-electron chi connectivity index (χ4n) is 3.20. The number of carboxylic acid groups (broad SMARTS) is 2. The van der Waals surface area contributed by atoms with Crippen molar-refractivity contribution in [1.29, 1.82) is 0 Å². The van der Waals surface area contributed by atoms with Gasteiger partial charge in [-0.15, -0.1) is 0 Å². The zero-order chi connectivity index (χ0) is 30.5.